The number of quaternary nitrogens is 1. The molecule has 0 radical (unpaired) electrons. The van der Waals surface area contributed by atoms with Crippen molar-refractivity contribution in [2.75, 3.05) is 6.54 Å². The third kappa shape index (κ3) is 3.12. The number of ether oxygens (including phenoxy) is 1. The van der Waals surface area contributed by atoms with Crippen LogP contribution in [-0.4, -0.2) is 18.6 Å². The van der Waals surface area contributed by atoms with Gasteiger partial charge in [0.2, 0.25) is 0 Å². The van der Waals surface area contributed by atoms with Gasteiger partial charge in [0.25, 0.3) is 0 Å². The predicted octanol–water partition coefficient (Wildman–Crippen LogP) is 2.03. The van der Waals surface area contributed by atoms with Crippen LogP contribution in [0.15, 0.2) is 28.7 Å². The largest absolute Gasteiger partial charge is 0.463 e. The quantitative estimate of drug-likeness (QED) is 0.868. The number of carbonyl (C=O) groups is 1. The van der Waals surface area contributed by atoms with Crippen molar-refractivity contribution in [3.63, 3.8) is 0 Å². The normalized spacial score (nSPS) is 23.3. The molecule has 1 aromatic rings. The molecule has 0 amide bonds. The van der Waals surface area contributed by atoms with Crippen molar-refractivity contribution < 1.29 is 14.8 Å². The Kier molecular flexibility index (Phi) is 4.40. The molecule has 1 aliphatic rings. The van der Waals surface area contributed by atoms with Gasteiger partial charge in [0.15, 0.2) is 0 Å². The van der Waals surface area contributed by atoms with Crippen molar-refractivity contribution in [1.82, 2.24) is 0 Å². The summed E-state index contributed by atoms with van der Waals surface area (Å²) in [5.74, 6) is -0.0922. The van der Waals surface area contributed by atoms with Gasteiger partial charge in [0, 0.05) is 16.5 Å². The molecule has 98 valence electrons. The molecule has 0 spiro atoms. The number of hydrogen-bond donors (Lipinski definition) is 1. The average Bonchev–Trinajstić information content (AvgIpc) is 2.76. The second-order valence-electron chi connectivity index (χ2n) is 4.99. The molecule has 0 bridgehead atoms. The van der Waals surface area contributed by atoms with E-state index >= 15 is 0 Å². The number of carbonyl (C=O) groups excluding carboxylic acids is 1. The van der Waals surface area contributed by atoms with E-state index in [2.05, 4.69) is 33.4 Å². The Bertz CT molecular complexity index is 434. The van der Waals surface area contributed by atoms with Crippen LogP contribution in [0.1, 0.15) is 31.9 Å². The van der Waals surface area contributed by atoms with Gasteiger partial charge >= 0.3 is 5.97 Å². The molecule has 2 rings (SSSR count). The lowest BCUT2D eigenvalue weighted by Crippen LogP contribution is -2.82. The number of nitrogens with two attached hydrogens (primary N) is 1. The fraction of sp³-hybridized carbons (Fsp3) is 0.500. The molecule has 4 heteroatoms. The average molecular weight is 313 g/mol. The van der Waals surface area contributed by atoms with E-state index < -0.39 is 0 Å². The summed E-state index contributed by atoms with van der Waals surface area (Å²) in [5, 5.41) is 2.23. The van der Waals surface area contributed by atoms with Gasteiger partial charge in [-0.3, -0.25) is 4.79 Å². The number of hydrogen-bond acceptors (Lipinski definition) is 2. The smallest absolute Gasteiger partial charge is 0.315 e. The van der Waals surface area contributed by atoms with Crippen LogP contribution in [0, 0.1) is 5.92 Å². The van der Waals surface area contributed by atoms with Crippen molar-refractivity contribution in [2.24, 2.45) is 5.92 Å². The molecule has 0 aliphatic carbocycles. The van der Waals surface area contributed by atoms with Crippen LogP contribution in [0.2, 0.25) is 0 Å². The summed E-state index contributed by atoms with van der Waals surface area (Å²) < 4.78 is 6.40. The van der Waals surface area contributed by atoms with Gasteiger partial charge < -0.3 is 10.1 Å². The first-order valence-electron chi connectivity index (χ1n) is 6.37. The van der Waals surface area contributed by atoms with E-state index in [0.717, 1.165) is 17.4 Å². The molecule has 0 aromatic heterocycles. The molecule has 1 saturated heterocycles. The summed E-state index contributed by atoms with van der Waals surface area (Å²) in [6.07, 6.45) is 0.851. The van der Waals surface area contributed by atoms with Crippen LogP contribution in [0.3, 0.4) is 0 Å². The zero-order valence-electron chi connectivity index (χ0n) is 10.7. The highest BCUT2D eigenvalue weighted by Gasteiger charge is 2.39. The van der Waals surface area contributed by atoms with Crippen molar-refractivity contribution in [3.8, 4) is 0 Å². The summed E-state index contributed by atoms with van der Waals surface area (Å²) >= 11 is 3.48. The highest BCUT2D eigenvalue weighted by Crippen LogP contribution is 2.27. The molecular formula is C14H19BrNO2+. The Morgan fingerprint density at radius 1 is 1.50 bits per heavy atom. The minimum Gasteiger partial charge on any atom is -0.463 e. The molecule has 1 heterocycles. The van der Waals surface area contributed by atoms with Crippen molar-refractivity contribution >= 4 is 21.9 Å². The standard InChI is InChI=1S/C14H18BrNO2/c1-9(2)18-14(17)12-6-7-16-13(12)10-4-3-5-11(15)8-10/h3-5,8-9,12-13,16H,6-7H2,1-2H3/p+1/t12-,13-/m1/s1. The number of benzene rings is 1. The molecule has 18 heavy (non-hydrogen) atoms. The zero-order valence-corrected chi connectivity index (χ0v) is 12.3. The first-order chi connectivity index (χ1) is 8.58. The van der Waals surface area contributed by atoms with Crippen LogP contribution >= 0.6 is 15.9 Å². The van der Waals surface area contributed by atoms with Crippen LogP contribution in [-0.2, 0) is 9.53 Å². The van der Waals surface area contributed by atoms with Crippen molar-refractivity contribution in [3.05, 3.63) is 34.3 Å². The van der Waals surface area contributed by atoms with Crippen LogP contribution in [0.4, 0.5) is 0 Å². The molecule has 1 aliphatic heterocycles. The van der Waals surface area contributed by atoms with Gasteiger partial charge in [0.1, 0.15) is 12.0 Å². The number of halogens is 1. The van der Waals surface area contributed by atoms with Gasteiger partial charge in [-0.15, -0.1) is 0 Å². The summed E-state index contributed by atoms with van der Waals surface area (Å²) in [6.45, 7) is 4.77. The number of rotatable bonds is 3. The van der Waals surface area contributed by atoms with E-state index in [-0.39, 0.29) is 24.0 Å². The van der Waals surface area contributed by atoms with E-state index in [0.29, 0.717) is 0 Å². The second-order valence-corrected chi connectivity index (χ2v) is 5.90. The summed E-state index contributed by atoms with van der Waals surface area (Å²) in [5.41, 5.74) is 1.19. The minimum absolute atomic E-state index is 0.0262. The molecule has 1 fully saturated rings. The van der Waals surface area contributed by atoms with E-state index in [9.17, 15) is 4.79 Å². The van der Waals surface area contributed by atoms with Gasteiger partial charge in [-0.25, -0.2) is 0 Å². The minimum atomic E-state index is -0.0660. The fourth-order valence-electron chi connectivity index (χ4n) is 2.47. The third-order valence-corrected chi connectivity index (χ3v) is 3.71. The highest BCUT2D eigenvalue weighted by atomic mass is 79.9. The molecule has 1 aromatic carbocycles. The maximum absolute atomic E-state index is 12.1. The maximum Gasteiger partial charge on any atom is 0.315 e. The molecule has 3 nitrogen and oxygen atoms in total. The summed E-state index contributed by atoms with van der Waals surface area (Å²) in [7, 11) is 0. The lowest BCUT2D eigenvalue weighted by Gasteiger charge is -2.17. The van der Waals surface area contributed by atoms with Crippen molar-refractivity contribution in [2.45, 2.75) is 32.4 Å². The summed E-state index contributed by atoms with van der Waals surface area (Å²) in [4.78, 5) is 12.1. The third-order valence-electron chi connectivity index (χ3n) is 3.22. The molecule has 2 atom stereocenters. The molecule has 0 saturated carbocycles. The topological polar surface area (TPSA) is 42.9 Å². The van der Waals surface area contributed by atoms with Crippen molar-refractivity contribution in [1.29, 1.82) is 0 Å². The Hall–Kier alpha value is -0.870. The lowest BCUT2D eigenvalue weighted by molar-refractivity contribution is -0.678. The first kappa shape index (κ1) is 13.6. The van der Waals surface area contributed by atoms with E-state index in [1.807, 2.05) is 26.0 Å². The highest BCUT2D eigenvalue weighted by molar-refractivity contribution is 9.10. The van der Waals surface area contributed by atoms with Crippen LogP contribution < -0.4 is 5.32 Å². The first-order valence-corrected chi connectivity index (χ1v) is 7.16. The van der Waals surface area contributed by atoms with Gasteiger partial charge in [-0.1, -0.05) is 28.1 Å². The van der Waals surface area contributed by atoms with E-state index in [4.69, 9.17) is 4.74 Å². The Balaban J connectivity index is 2.14. The lowest BCUT2D eigenvalue weighted by atomic mass is 9.94. The molecular weight excluding hydrogens is 294 g/mol. The predicted molar refractivity (Wildman–Crippen MR) is 73.0 cm³/mol. The van der Waals surface area contributed by atoms with Gasteiger partial charge in [0.05, 0.1) is 12.6 Å². The fourth-order valence-corrected chi connectivity index (χ4v) is 2.88. The van der Waals surface area contributed by atoms with E-state index in [1.165, 1.54) is 5.56 Å². The monoisotopic (exact) mass is 312 g/mol. The Morgan fingerprint density at radius 3 is 2.94 bits per heavy atom. The summed E-state index contributed by atoms with van der Waals surface area (Å²) in [6, 6.07) is 8.36. The van der Waals surface area contributed by atoms with Crippen LogP contribution in [0.5, 0.6) is 0 Å². The van der Waals surface area contributed by atoms with Crippen LogP contribution in [0.25, 0.3) is 0 Å². The second kappa shape index (κ2) is 5.85. The SMILES string of the molecule is CC(C)OC(=O)[C@@H]1CC[NH2+][C@@H]1c1cccc(Br)c1. The Morgan fingerprint density at radius 2 is 2.28 bits per heavy atom. The molecule has 2 N–H and O–H groups in total. The van der Waals surface area contributed by atoms with Gasteiger partial charge in [-0.05, 0) is 26.0 Å². The maximum atomic E-state index is 12.1. The zero-order chi connectivity index (χ0) is 13.1. The number of esters is 1. The van der Waals surface area contributed by atoms with Gasteiger partial charge in [-0.2, -0.15) is 0 Å². The molecule has 0 unspecified atom stereocenters. The Labute approximate surface area is 116 Å². The van der Waals surface area contributed by atoms with E-state index in [1.54, 1.807) is 0 Å².